The Labute approximate surface area is 102 Å². The van der Waals surface area contributed by atoms with E-state index in [1.54, 1.807) is 4.79 Å². The molecule has 0 bridgehead atoms. The van der Waals surface area contributed by atoms with Crippen LogP contribution in [-0.2, 0) is 4.79 Å². The number of halogens is 1. The summed E-state index contributed by atoms with van der Waals surface area (Å²) in [6.07, 6.45) is 3.56. The Morgan fingerprint density at radius 3 is 2.81 bits per heavy atom. The van der Waals surface area contributed by atoms with Crippen molar-refractivity contribution in [3.63, 3.8) is 0 Å². The second-order valence-electron chi connectivity index (χ2n) is 3.78. The number of carbonyl (C=O) groups excluding carboxylic acids is 1. The van der Waals surface area contributed by atoms with Crippen LogP contribution in [0.3, 0.4) is 0 Å². The lowest BCUT2D eigenvalue weighted by molar-refractivity contribution is -0.768. The maximum atomic E-state index is 10.9. The smallest absolute Gasteiger partial charge is 0.288 e. The van der Waals surface area contributed by atoms with Gasteiger partial charge in [0.15, 0.2) is 0 Å². The topological polar surface area (TPSA) is 62.3 Å². The van der Waals surface area contributed by atoms with Crippen molar-refractivity contribution in [2.45, 2.75) is 26.2 Å². The third-order valence-electron chi connectivity index (χ3n) is 2.46. The van der Waals surface area contributed by atoms with E-state index < -0.39 is 0 Å². The van der Waals surface area contributed by atoms with Gasteiger partial charge in [0.05, 0.1) is 17.9 Å². The third-order valence-corrected chi connectivity index (χ3v) is 3.14. The van der Waals surface area contributed by atoms with E-state index in [1.807, 2.05) is 0 Å². The minimum atomic E-state index is -0.178. The van der Waals surface area contributed by atoms with Gasteiger partial charge in [-0.1, -0.05) is 0 Å². The van der Waals surface area contributed by atoms with Gasteiger partial charge in [0.2, 0.25) is 11.2 Å². The molecule has 1 N–H and O–H groups in total. The van der Waals surface area contributed by atoms with Gasteiger partial charge in [-0.2, -0.15) is 5.01 Å². The van der Waals surface area contributed by atoms with Crippen molar-refractivity contribution in [3.8, 4) is 0 Å². The summed E-state index contributed by atoms with van der Waals surface area (Å²) in [6.45, 7) is 3.34. The third kappa shape index (κ3) is 2.34. The lowest BCUT2D eigenvalue weighted by atomic mass is 10.2. The standard InChI is InChI=1S/C9H13BrN4O2/c1-7(15)11-9-8(10)14(12-16-9)13-5-3-2-4-6-13/h2-6H2,1H3/p+1. The number of piperidine rings is 1. The molecule has 6 nitrogen and oxygen atoms in total. The number of nitrogens with zero attached hydrogens (tertiary/aromatic N) is 3. The zero-order valence-electron chi connectivity index (χ0n) is 9.07. The summed E-state index contributed by atoms with van der Waals surface area (Å²) >= 11 is 3.37. The van der Waals surface area contributed by atoms with Crippen LogP contribution in [0.2, 0.25) is 0 Å². The van der Waals surface area contributed by atoms with Crippen LogP contribution in [0.4, 0.5) is 5.88 Å². The molecule has 1 aromatic heterocycles. The quantitative estimate of drug-likeness (QED) is 0.819. The zero-order valence-corrected chi connectivity index (χ0v) is 10.7. The van der Waals surface area contributed by atoms with Crippen molar-refractivity contribution in [1.29, 1.82) is 0 Å². The number of nitrogens with one attached hydrogen (secondary N) is 1. The van der Waals surface area contributed by atoms with Crippen molar-refractivity contribution in [2.24, 2.45) is 0 Å². The second kappa shape index (κ2) is 4.82. The lowest BCUT2D eigenvalue weighted by Crippen LogP contribution is -2.61. The number of aromatic nitrogens is 2. The summed E-state index contributed by atoms with van der Waals surface area (Å²) in [4.78, 5) is 12.6. The Bertz CT molecular complexity index is 387. The molecule has 0 atom stereocenters. The van der Waals surface area contributed by atoms with Gasteiger partial charge in [0.25, 0.3) is 0 Å². The van der Waals surface area contributed by atoms with Crippen LogP contribution < -0.4 is 15.1 Å². The Hall–Kier alpha value is -1.11. The Kier molecular flexibility index (Phi) is 3.42. The van der Waals surface area contributed by atoms with E-state index in [4.69, 9.17) is 4.52 Å². The number of hydrogen-bond donors (Lipinski definition) is 1. The van der Waals surface area contributed by atoms with Crippen LogP contribution in [0, 0.1) is 0 Å². The van der Waals surface area contributed by atoms with Crippen molar-refractivity contribution in [1.82, 2.24) is 5.27 Å². The monoisotopic (exact) mass is 289 g/mol. The van der Waals surface area contributed by atoms with Gasteiger partial charge in [0.1, 0.15) is 0 Å². The van der Waals surface area contributed by atoms with Gasteiger partial charge in [0, 0.05) is 22.9 Å². The molecule has 1 amide bonds. The molecule has 1 aromatic rings. The van der Waals surface area contributed by atoms with E-state index in [1.165, 1.54) is 13.3 Å². The highest BCUT2D eigenvalue weighted by molar-refractivity contribution is 9.10. The molecule has 0 aliphatic carbocycles. The van der Waals surface area contributed by atoms with Crippen LogP contribution in [0.5, 0.6) is 0 Å². The van der Waals surface area contributed by atoms with Gasteiger partial charge in [-0.15, -0.1) is 0 Å². The fourth-order valence-corrected chi connectivity index (χ4v) is 2.18. The molecular formula is C9H14BrN4O2+. The highest BCUT2D eigenvalue weighted by Crippen LogP contribution is 2.17. The second-order valence-corrected chi connectivity index (χ2v) is 4.53. The molecule has 0 spiro atoms. The predicted octanol–water partition coefficient (Wildman–Crippen LogP) is 0.805. The fourth-order valence-electron chi connectivity index (χ4n) is 1.72. The van der Waals surface area contributed by atoms with Gasteiger partial charge in [-0.25, -0.2) is 0 Å². The first-order valence-corrected chi connectivity index (χ1v) is 6.08. The van der Waals surface area contributed by atoms with E-state index in [0.29, 0.717) is 10.5 Å². The number of carbonyl (C=O) groups is 1. The van der Waals surface area contributed by atoms with Crippen LogP contribution >= 0.6 is 15.9 Å². The maximum Gasteiger partial charge on any atom is 0.372 e. The molecule has 16 heavy (non-hydrogen) atoms. The van der Waals surface area contributed by atoms with Gasteiger partial charge in [-0.3, -0.25) is 14.6 Å². The van der Waals surface area contributed by atoms with Gasteiger partial charge >= 0.3 is 10.5 Å². The predicted molar refractivity (Wildman–Crippen MR) is 60.5 cm³/mol. The molecule has 1 saturated heterocycles. The van der Waals surface area contributed by atoms with Crippen molar-refractivity contribution in [3.05, 3.63) is 4.60 Å². The van der Waals surface area contributed by atoms with Crippen LogP contribution in [-0.4, -0.2) is 24.3 Å². The van der Waals surface area contributed by atoms with Crippen molar-refractivity contribution in [2.75, 3.05) is 23.4 Å². The number of hydrogen-bond acceptors (Lipinski definition) is 4. The molecule has 1 fully saturated rings. The zero-order chi connectivity index (χ0) is 11.5. The molecule has 1 aliphatic rings. The van der Waals surface area contributed by atoms with E-state index in [0.717, 1.165) is 25.9 Å². The van der Waals surface area contributed by atoms with Crippen LogP contribution in [0.1, 0.15) is 26.2 Å². The molecule has 0 unspecified atom stereocenters. The van der Waals surface area contributed by atoms with Crippen LogP contribution in [0.15, 0.2) is 9.13 Å². The number of amides is 1. The van der Waals surface area contributed by atoms with E-state index in [-0.39, 0.29) is 5.91 Å². The summed E-state index contributed by atoms with van der Waals surface area (Å²) in [5.74, 6) is 0.167. The first-order chi connectivity index (χ1) is 7.68. The normalized spacial score (nSPS) is 16.2. The summed E-state index contributed by atoms with van der Waals surface area (Å²) < 4.78 is 5.70. The molecule has 0 aromatic carbocycles. The van der Waals surface area contributed by atoms with E-state index in [2.05, 4.69) is 31.5 Å². The van der Waals surface area contributed by atoms with Crippen LogP contribution in [0.25, 0.3) is 0 Å². The Balaban J connectivity index is 2.15. The average molecular weight is 290 g/mol. The maximum absolute atomic E-state index is 10.9. The molecule has 7 heteroatoms. The molecular weight excluding hydrogens is 276 g/mol. The molecule has 1 aliphatic heterocycles. The molecule has 2 heterocycles. The van der Waals surface area contributed by atoms with E-state index >= 15 is 0 Å². The minimum Gasteiger partial charge on any atom is -0.288 e. The lowest BCUT2D eigenvalue weighted by Gasteiger charge is -2.18. The molecule has 2 rings (SSSR count). The average Bonchev–Trinajstić information content (AvgIpc) is 2.61. The number of rotatable bonds is 2. The summed E-state index contributed by atoms with van der Waals surface area (Å²) in [5, 5.41) is 8.55. The molecule has 88 valence electrons. The van der Waals surface area contributed by atoms with Gasteiger partial charge < -0.3 is 0 Å². The highest BCUT2D eigenvalue weighted by Gasteiger charge is 2.29. The molecule has 0 saturated carbocycles. The van der Waals surface area contributed by atoms with E-state index in [9.17, 15) is 4.79 Å². The first-order valence-electron chi connectivity index (χ1n) is 5.29. The first kappa shape index (κ1) is 11.4. The summed E-state index contributed by atoms with van der Waals surface area (Å²) in [6, 6.07) is 0. The summed E-state index contributed by atoms with van der Waals surface area (Å²) in [7, 11) is 0. The minimum absolute atomic E-state index is 0.178. The SMILES string of the molecule is CC(=O)Nc1on[n+](N2CCCCC2)c1Br. The summed E-state index contributed by atoms with van der Waals surface area (Å²) in [5.41, 5.74) is 0. The van der Waals surface area contributed by atoms with Crippen molar-refractivity contribution >= 4 is 27.7 Å². The fraction of sp³-hybridized carbons (Fsp3) is 0.667. The van der Waals surface area contributed by atoms with Crippen molar-refractivity contribution < 1.29 is 14.1 Å². The highest BCUT2D eigenvalue weighted by atomic mass is 79.9. The largest absolute Gasteiger partial charge is 0.372 e. The number of anilines is 1. The Morgan fingerprint density at radius 1 is 1.50 bits per heavy atom. The Morgan fingerprint density at radius 2 is 2.19 bits per heavy atom. The molecule has 0 radical (unpaired) electrons. The van der Waals surface area contributed by atoms with Gasteiger partial charge in [-0.05, 0) is 19.3 Å².